The van der Waals surface area contributed by atoms with E-state index in [0.717, 1.165) is 0 Å². The van der Waals surface area contributed by atoms with Crippen LogP contribution in [0.1, 0.15) is 5.56 Å². The van der Waals surface area contributed by atoms with Crippen molar-refractivity contribution in [3.8, 4) is 6.07 Å². The van der Waals surface area contributed by atoms with Gasteiger partial charge in [0.2, 0.25) is 0 Å². The molecule has 0 heterocycles. The smallest absolute Gasteiger partial charge is 0.308 e. The normalized spacial score (nSPS) is 9.65. The van der Waals surface area contributed by atoms with Crippen LogP contribution in [0.15, 0.2) is 48.5 Å². The second-order valence-electron chi connectivity index (χ2n) is 4.15. The molecule has 4 nitrogen and oxygen atoms in total. The Labute approximate surface area is 122 Å². The third kappa shape index (κ3) is 3.28. The van der Waals surface area contributed by atoms with Gasteiger partial charge in [-0.2, -0.15) is 5.26 Å². The van der Waals surface area contributed by atoms with Crippen LogP contribution in [0.2, 0.25) is 5.02 Å². The Morgan fingerprint density at radius 3 is 2.30 bits per heavy atom. The molecule has 0 saturated carbocycles. The number of nitrogens with one attached hydrogen (secondary N) is 1. The lowest BCUT2D eigenvalue weighted by Gasteiger charge is -2.18. The molecule has 100 valence electrons. The molecule has 20 heavy (non-hydrogen) atoms. The fraction of sp³-hybridized carbons (Fsp3) is 0.0667. The van der Waals surface area contributed by atoms with E-state index in [2.05, 4.69) is 5.32 Å². The fourth-order valence-electron chi connectivity index (χ4n) is 1.62. The van der Waals surface area contributed by atoms with Crippen molar-refractivity contribution in [1.29, 1.82) is 5.26 Å². The molecule has 1 N–H and O–H groups in total. The lowest BCUT2D eigenvalue weighted by molar-refractivity contribution is 0.258. The van der Waals surface area contributed by atoms with Crippen molar-refractivity contribution < 1.29 is 4.79 Å². The lowest BCUT2D eigenvalue weighted by Crippen LogP contribution is -2.31. The van der Waals surface area contributed by atoms with E-state index in [1.54, 1.807) is 55.6 Å². The average Bonchev–Trinajstić information content (AvgIpc) is 2.49. The number of hydrogen-bond acceptors (Lipinski definition) is 2. The number of nitriles is 1. The van der Waals surface area contributed by atoms with Gasteiger partial charge in [-0.15, -0.1) is 0 Å². The number of carbonyl (C=O) groups excluding carboxylic acids is 1. The summed E-state index contributed by atoms with van der Waals surface area (Å²) >= 11 is 5.79. The van der Waals surface area contributed by atoms with Gasteiger partial charge in [0, 0.05) is 23.4 Å². The van der Waals surface area contributed by atoms with Crippen LogP contribution in [0.25, 0.3) is 0 Å². The Morgan fingerprint density at radius 2 is 1.75 bits per heavy atom. The molecule has 5 heteroatoms. The standard InChI is InChI=1S/C15H12ClN3O/c1-19(14-8-2-11(10-17)3-9-14)15(20)18-13-6-4-12(16)5-7-13/h2-9H,1H3,(H,18,20). The Bertz CT molecular complexity index is 644. The number of anilines is 2. The number of rotatable bonds is 2. The van der Waals surface area contributed by atoms with Gasteiger partial charge in [0.05, 0.1) is 11.6 Å². The first-order chi connectivity index (χ1) is 9.60. The Hall–Kier alpha value is -2.51. The van der Waals surface area contributed by atoms with Crippen LogP contribution in [-0.2, 0) is 0 Å². The second kappa shape index (κ2) is 6.09. The topological polar surface area (TPSA) is 56.1 Å². The van der Waals surface area contributed by atoms with E-state index in [1.807, 2.05) is 6.07 Å². The minimum absolute atomic E-state index is 0.267. The minimum Gasteiger partial charge on any atom is -0.308 e. The maximum absolute atomic E-state index is 12.1. The highest BCUT2D eigenvalue weighted by atomic mass is 35.5. The van der Waals surface area contributed by atoms with Crippen molar-refractivity contribution >= 4 is 29.0 Å². The van der Waals surface area contributed by atoms with Crippen molar-refractivity contribution in [3.63, 3.8) is 0 Å². The molecule has 0 aromatic heterocycles. The zero-order valence-corrected chi connectivity index (χ0v) is 11.6. The first kappa shape index (κ1) is 13.9. The van der Waals surface area contributed by atoms with Crippen LogP contribution in [-0.4, -0.2) is 13.1 Å². The van der Waals surface area contributed by atoms with E-state index in [9.17, 15) is 4.79 Å². The highest BCUT2D eigenvalue weighted by Gasteiger charge is 2.10. The van der Waals surface area contributed by atoms with Crippen LogP contribution < -0.4 is 10.2 Å². The Balaban J connectivity index is 2.08. The van der Waals surface area contributed by atoms with Crippen LogP contribution in [0.5, 0.6) is 0 Å². The molecule has 0 aliphatic carbocycles. The van der Waals surface area contributed by atoms with E-state index < -0.39 is 0 Å². The van der Waals surface area contributed by atoms with Gasteiger partial charge in [-0.3, -0.25) is 4.90 Å². The van der Waals surface area contributed by atoms with Crippen molar-refractivity contribution in [1.82, 2.24) is 0 Å². The van der Waals surface area contributed by atoms with Gasteiger partial charge in [-0.05, 0) is 48.5 Å². The van der Waals surface area contributed by atoms with E-state index in [1.165, 1.54) is 4.90 Å². The summed E-state index contributed by atoms with van der Waals surface area (Å²) in [5, 5.41) is 12.1. The third-order valence-corrected chi connectivity index (χ3v) is 3.04. The highest BCUT2D eigenvalue weighted by molar-refractivity contribution is 6.30. The first-order valence-electron chi connectivity index (χ1n) is 5.90. The summed E-state index contributed by atoms with van der Waals surface area (Å²) in [6.07, 6.45) is 0. The lowest BCUT2D eigenvalue weighted by atomic mass is 10.2. The molecule has 0 aliphatic heterocycles. The monoisotopic (exact) mass is 285 g/mol. The molecule has 0 aliphatic rings. The first-order valence-corrected chi connectivity index (χ1v) is 6.28. The SMILES string of the molecule is CN(C(=O)Nc1ccc(Cl)cc1)c1ccc(C#N)cc1. The Morgan fingerprint density at radius 1 is 1.15 bits per heavy atom. The minimum atomic E-state index is -0.267. The van der Waals surface area contributed by atoms with Crippen molar-refractivity contribution in [2.45, 2.75) is 0 Å². The number of nitrogens with zero attached hydrogens (tertiary/aromatic N) is 2. The highest BCUT2D eigenvalue weighted by Crippen LogP contribution is 2.17. The molecule has 2 rings (SSSR count). The molecule has 0 unspecified atom stereocenters. The number of urea groups is 1. The maximum Gasteiger partial charge on any atom is 0.326 e. The van der Waals surface area contributed by atoms with E-state index in [4.69, 9.17) is 16.9 Å². The Kier molecular flexibility index (Phi) is 4.24. The van der Waals surface area contributed by atoms with Gasteiger partial charge in [0.1, 0.15) is 0 Å². The van der Waals surface area contributed by atoms with Gasteiger partial charge in [-0.1, -0.05) is 11.6 Å². The summed E-state index contributed by atoms with van der Waals surface area (Å²) in [4.78, 5) is 13.5. The van der Waals surface area contributed by atoms with E-state index in [0.29, 0.717) is 22.0 Å². The fourth-order valence-corrected chi connectivity index (χ4v) is 1.74. The molecule has 0 fully saturated rings. The van der Waals surface area contributed by atoms with Crippen LogP contribution >= 0.6 is 11.6 Å². The summed E-state index contributed by atoms with van der Waals surface area (Å²) < 4.78 is 0. The van der Waals surface area contributed by atoms with Gasteiger partial charge in [0.25, 0.3) is 0 Å². The molecule has 2 amide bonds. The van der Waals surface area contributed by atoms with Crippen LogP contribution in [0, 0.1) is 11.3 Å². The molecular formula is C15H12ClN3O. The van der Waals surface area contributed by atoms with Crippen molar-refractivity contribution in [2.75, 3.05) is 17.3 Å². The molecule has 0 spiro atoms. The summed E-state index contributed by atoms with van der Waals surface area (Å²) in [6.45, 7) is 0. The largest absolute Gasteiger partial charge is 0.326 e. The van der Waals surface area contributed by atoms with Crippen molar-refractivity contribution in [3.05, 3.63) is 59.1 Å². The summed E-state index contributed by atoms with van der Waals surface area (Å²) in [5.41, 5.74) is 1.93. The molecular weight excluding hydrogens is 274 g/mol. The quantitative estimate of drug-likeness (QED) is 0.910. The van der Waals surface area contributed by atoms with Crippen LogP contribution in [0.4, 0.5) is 16.2 Å². The summed E-state index contributed by atoms with van der Waals surface area (Å²) in [5.74, 6) is 0. The number of halogens is 1. The molecule has 0 radical (unpaired) electrons. The van der Waals surface area contributed by atoms with E-state index in [-0.39, 0.29) is 6.03 Å². The van der Waals surface area contributed by atoms with Crippen LogP contribution in [0.3, 0.4) is 0 Å². The number of carbonyl (C=O) groups is 1. The zero-order chi connectivity index (χ0) is 14.5. The zero-order valence-electron chi connectivity index (χ0n) is 10.8. The molecule has 0 bridgehead atoms. The van der Waals surface area contributed by atoms with Gasteiger partial charge >= 0.3 is 6.03 Å². The average molecular weight is 286 g/mol. The summed E-state index contributed by atoms with van der Waals surface area (Å²) in [7, 11) is 1.66. The molecule has 2 aromatic carbocycles. The van der Waals surface area contributed by atoms with E-state index >= 15 is 0 Å². The second-order valence-corrected chi connectivity index (χ2v) is 4.59. The predicted octanol–water partition coefficient (Wildman–Crippen LogP) is 3.88. The maximum atomic E-state index is 12.1. The van der Waals surface area contributed by atoms with Gasteiger partial charge < -0.3 is 5.32 Å². The molecule has 0 saturated heterocycles. The molecule has 2 aromatic rings. The molecule has 0 atom stereocenters. The van der Waals surface area contributed by atoms with Crippen molar-refractivity contribution in [2.24, 2.45) is 0 Å². The van der Waals surface area contributed by atoms with Gasteiger partial charge in [-0.25, -0.2) is 4.79 Å². The third-order valence-electron chi connectivity index (χ3n) is 2.78. The predicted molar refractivity (Wildman–Crippen MR) is 80.0 cm³/mol. The summed E-state index contributed by atoms with van der Waals surface area (Å²) in [6, 6.07) is 15.4. The number of amides is 2. The van der Waals surface area contributed by atoms with Gasteiger partial charge in [0.15, 0.2) is 0 Å². The number of hydrogen-bond donors (Lipinski definition) is 1. The number of benzene rings is 2.